The molecule has 0 spiro atoms. The first-order chi connectivity index (χ1) is 31.0. The number of esters is 3. The van der Waals surface area contributed by atoms with Crippen LogP contribution in [0.25, 0.3) is 0 Å². The van der Waals surface area contributed by atoms with E-state index in [9.17, 15) is 14.4 Å². The smallest absolute Gasteiger partial charge is 0.306 e. The van der Waals surface area contributed by atoms with E-state index in [2.05, 4.69) is 130 Å². The predicted octanol–water partition coefficient (Wildman–Crippen LogP) is 16.8. The van der Waals surface area contributed by atoms with E-state index in [1.165, 1.54) is 38.5 Å². The van der Waals surface area contributed by atoms with Crippen LogP contribution in [0.2, 0.25) is 0 Å². The highest BCUT2D eigenvalue weighted by Crippen LogP contribution is 2.12. The van der Waals surface area contributed by atoms with Crippen LogP contribution in [0.3, 0.4) is 0 Å². The lowest BCUT2D eigenvalue weighted by Crippen LogP contribution is -2.30. The van der Waals surface area contributed by atoms with Gasteiger partial charge in [0.05, 0.1) is 0 Å². The lowest BCUT2D eigenvalue weighted by Gasteiger charge is -2.18. The summed E-state index contributed by atoms with van der Waals surface area (Å²) in [6, 6.07) is 0. The van der Waals surface area contributed by atoms with Gasteiger partial charge < -0.3 is 14.2 Å². The summed E-state index contributed by atoms with van der Waals surface area (Å²) < 4.78 is 16.7. The first kappa shape index (κ1) is 59.1. The number of rotatable bonds is 44. The number of carbonyl (C=O) groups excluding carboxylic acids is 3. The van der Waals surface area contributed by atoms with Gasteiger partial charge in [0.1, 0.15) is 13.2 Å². The van der Waals surface area contributed by atoms with Gasteiger partial charge in [-0.3, -0.25) is 14.4 Å². The lowest BCUT2D eigenvalue weighted by atomic mass is 10.1. The second kappa shape index (κ2) is 50.7. The maximum atomic E-state index is 12.8. The molecule has 1 unspecified atom stereocenters. The molecule has 0 aliphatic carbocycles. The molecule has 6 heteroatoms. The van der Waals surface area contributed by atoms with Crippen molar-refractivity contribution in [2.24, 2.45) is 0 Å². The van der Waals surface area contributed by atoms with E-state index in [1.54, 1.807) is 0 Å². The SMILES string of the molecule is CC/C=C\C/C=C\C/C=C\C/C=C\CCCCCC(=O)OCC(COC(=O)CCCCC/C=C\CCCCCCCC)OC(=O)CCCCC/C=C\C/C=C\C/C=C\C/C=C\CC. The van der Waals surface area contributed by atoms with Crippen LogP contribution in [-0.2, 0) is 28.6 Å². The molecule has 0 saturated heterocycles. The molecule has 0 aliphatic rings. The zero-order valence-corrected chi connectivity index (χ0v) is 40.5. The second-order valence-corrected chi connectivity index (χ2v) is 16.3. The van der Waals surface area contributed by atoms with Crippen molar-refractivity contribution in [2.75, 3.05) is 13.2 Å². The van der Waals surface area contributed by atoms with Crippen LogP contribution in [0.15, 0.2) is 109 Å². The van der Waals surface area contributed by atoms with Gasteiger partial charge in [0, 0.05) is 19.3 Å². The minimum absolute atomic E-state index is 0.111. The molecule has 0 radical (unpaired) electrons. The third kappa shape index (κ3) is 49.0. The van der Waals surface area contributed by atoms with E-state index in [0.717, 1.165) is 128 Å². The molecule has 0 aliphatic heterocycles. The number of hydrogen-bond acceptors (Lipinski definition) is 6. The van der Waals surface area contributed by atoms with Gasteiger partial charge in [0.25, 0.3) is 0 Å². The Morgan fingerprint density at radius 2 is 0.619 bits per heavy atom. The molecule has 0 amide bonds. The molecule has 0 bridgehead atoms. The average Bonchev–Trinajstić information content (AvgIpc) is 3.28. The topological polar surface area (TPSA) is 78.9 Å². The number of allylic oxidation sites excluding steroid dienone is 18. The van der Waals surface area contributed by atoms with Crippen molar-refractivity contribution in [3.8, 4) is 0 Å². The summed E-state index contributed by atoms with van der Waals surface area (Å²) in [4.78, 5) is 37.9. The standard InChI is InChI=1S/C57H92O6/c1-4-7-10-13-16-19-22-25-27-29-32-35-38-41-44-47-50-56(59)62-53-54(52-61-55(58)49-46-43-40-37-34-31-24-21-18-15-12-9-6-3)63-57(60)51-48-45-42-39-36-33-30-28-26-23-20-17-14-11-8-5-2/h7-8,10-11,16-17,19-20,25-28,31-36,54H,4-6,9,12-15,18,21-24,29-30,37-53H2,1-3H3/b10-7-,11-8-,19-16-,20-17-,27-25-,28-26-,34-31-,35-32-,36-33-. The minimum atomic E-state index is -0.815. The van der Waals surface area contributed by atoms with Crippen LogP contribution >= 0.6 is 0 Å². The third-order valence-corrected chi connectivity index (χ3v) is 10.2. The monoisotopic (exact) mass is 873 g/mol. The Labute approximate surface area is 387 Å². The van der Waals surface area contributed by atoms with Crippen LogP contribution in [0.5, 0.6) is 0 Å². The van der Waals surface area contributed by atoms with Crippen LogP contribution in [0, 0.1) is 0 Å². The maximum absolute atomic E-state index is 12.8. The molecule has 356 valence electrons. The van der Waals surface area contributed by atoms with Gasteiger partial charge in [-0.15, -0.1) is 0 Å². The van der Waals surface area contributed by atoms with Crippen LogP contribution in [-0.4, -0.2) is 37.2 Å². The number of unbranched alkanes of at least 4 members (excludes halogenated alkanes) is 15. The summed E-state index contributed by atoms with van der Waals surface area (Å²) in [5, 5.41) is 0. The van der Waals surface area contributed by atoms with E-state index >= 15 is 0 Å². The molecule has 0 aromatic carbocycles. The number of hydrogen-bond donors (Lipinski definition) is 0. The molecular formula is C57H92O6. The van der Waals surface area contributed by atoms with Gasteiger partial charge >= 0.3 is 17.9 Å². The molecular weight excluding hydrogens is 781 g/mol. The quantitative estimate of drug-likeness (QED) is 0.0263. The fourth-order valence-corrected chi connectivity index (χ4v) is 6.48. The van der Waals surface area contributed by atoms with Crippen molar-refractivity contribution in [3.05, 3.63) is 109 Å². The van der Waals surface area contributed by atoms with Crippen molar-refractivity contribution in [1.82, 2.24) is 0 Å². The van der Waals surface area contributed by atoms with Gasteiger partial charge in [-0.25, -0.2) is 0 Å². The van der Waals surface area contributed by atoms with Crippen molar-refractivity contribution < 1.29 is 28.6 Å². The van der Waals surface area contributed by atoms with Gasteiger partial charge in [-0.1, -0.05) is 182 Å². The zero-order valence-electron chi connectivity index (χ0n) is 40.5. The van der Waals surface area contributed by atoms with Crippen molar-refractivity contribution in [3.63, 3.8) is 0 Å². The zero-order chi connectivity index (χ0) is 45.8. The van der Waals surface area contributed by atoms with Gasteiger partial charge in [0.15, 0.2) is 6.10 Å². The fraction of sp³-hybridized carbons (Fsp3) is 0.632. The molecule has 0 N–H and O–H groups in total. The molecule has 0 aromatic rings. The van der Waals surface area contributed by atoms with E-state index in [4.69, 9.17) is 14.2 Å². The summed E-state index contributed by atoms with van der Waals surface area (Å²) in [7, 11) is 0. The van der Waals surface area contributed by atoms with Crippen LogP contribution < -0.4 is 0 Å². The lowest BCUT2D eigenvalue weighted by molar-refractivity contribution is -0.167. The summed E-state index contributed by atoms with van der Waals surface area (Å²) in [5.41, 5.74) is 0. The molecule has 0 fully saturated rings. The van der Waals surface area contributed by atoms with Crippen molar-refractivity contribution in [1.29, 1.82) is 0 Å². The summed E-state index contributed by atoms with van der Waals surface area (Å²) >= 11 is 0. The predicted molar refractivity (Wildman–Crippen MR) is 270 cm³/mol. The Morgan fingerprint density at radius 3 is 0.984 bits per heavy atom. The third-order valence-electron chi connectivity index (χ3n) is 10.2. The Kier molecular flexibility index (Phi) is 47.5. The molecule has 6 nitrogen and oxygen atoms in total. The van der Waals surface area contributed by atoms with Crippen molar-refractivity contribution >= 4 is 17.9 Å². The van der Waals surface area contributed by atoms with Gasteiger partial charge in [-0.2, -0.15) is 0 Å². The van der Waals surface area contributed by atoms with Gasteiger partial charge in [0.2, 0.25) is 0 Å². The normalized spacial score (nSPS) is 13.0. The van der Waals surface area contributed by atoms with Crippen LogP contribution in [0.1, 0.15) is 213 Å². The van der Waals surface area contributed by atoms with E-state index < -0.39 is 6.10 Å². The highest BCUT2D eigenvalue weighted by Gasteiger charge is 2.19. The molecule has 1 atom stereocenters. The Hall–Kier alpha value is -3.93. The Bertz CT molecular complexity index is 1330. The maximum Gasteiger partial charge on any atom is 0.306 e. The highest BCUT2D eigenvalue weighted by molar-refractivity contribution is 5.71. The molecule has 0 saturated carbocycles. The van der Waals surface area contributed by atoms with E-state index in [0.29, 0.717) is 19.3 Å². The molecule has 63 heavy (non-hydrogen) atoms. The number of ether oxygens (including phenoxy) is 3. The van der Waals surface area contributed by atoms with Crippen LogP contribution in [0.4, 0.5) is 0 Å². The van der Waals surface area contributed by atoms with Gasteiger partial charge in [-0.05, 0) is 122 Å². The summed E-state index contributed by atoms with van der Waals surface area (Å²) in [5.74, 6) is -0.996. The summed E-state index contributed by atoms with van der Waals surface area (Å²) in [6.45, 7) is 6.32. The fourth-order valence-electron chi connectivity index (χ4n) is 6.48. The van der Waals surface area contributed by atoms with E-state index in [-0.39, 0.29) is 37.5 Å². The van der Waals surface area contributed by atoms with E-state index in [1.807, 2.05) is 0 Å². The first-order valence-corrected chi connectivity index (χ1v) is 25.4. The highest BCUT2D eigenvalue weighted by atomic mass is 16.6. The Balaban J connectivity index is 4.54. The molecule has 0 aromatic heterocycles. The molecule has 0 rings (SSSR count). The Morgan fingerprint density at radius 1 is 0.333 bits per heavy atom. The number of carbonyl (C=O) groups is 3. The summed E-state index contributed by atoms with van der Waals surface area (Å²) in [6.07, 6.45) is 67.8. The average molecular weight is 873 g/mol. The molecule has 0 heterocycles. The van der Waals surface area contributed by atoms with Crippen molar-refractivity contribution in [2.45, 2.75) is 219 Å². The largest absolute Gasteiger partial charge is 0.462 e. The first-order valence-electron chi connectivity index (χ1n) is 25.4. The second-order valence-electron chi connectivity index (χ2n) is 16.3. The minimum Gasteiger partial charge on any atom is -0.462 e.